The normalized spacial score (nSPS) is 24.7. The van der Waals surface area contributed by atoms with Crippen LogP contribution >= 0.6 is 0 Å². The van der Waals surface area contributed by atoms with Gasteiger partial charge in [-0.3, -0.25) is 0 Å². The van der Waals surface area contributed by atoms with Crippen LogP contribution in [0.3, 0.4) is 0 Å². The molecule has 0 saturated heterocycles. The Balaban J connectivity index is 2.11. The molecule has 0 atom stereocenters. The van der Waals surface area contributed by atoms with E-state index in [2.05, 4.69) is 29.6 Å². The summed E-state index contributed by atoms with van der Waals surface area (Å²) >= 11 is 0. The number of rotatable bonds is 0. The Kier molecular flexibility index (Phi) is 1.12. The van der Waals surface area contributed by atoms with Crippen molar-refractivity contribution in [2.45, 2.75) is 12.8 Å². The van der Waals surface area contributed by atoms with Crippen LogP contribution in [0.4, 0.5) is 0 Å². The van der Waals surface area contributed by atoms with Crippen LogP contribution in [0.15, 0.2) is 46.7 Å². The molecule has 3 aliphatic rings. The fraction of sp³-hybridized carbons (Fsp3) is 0.273. The van der Waals surface area contributed by atoms with Gasteiger partial charge in [-0.05, 0) is 24.0 Å². The summed E-state index contributed by atoms with van der Waals surface area (Å²) < 4.78 is 0. The Morgan fingerprint density at radius 1 is 1.33 bits per heavy atom. The molecular formula is C11H11N. The van der Waals surface area contributed by atoms with E-state index in [1.54, 1.807) is 5.57 Å². The molecule has 3 rings (SSSR count). The van der Waals surface area contributed by atoms with Crippen molar-refractivity contribution in [2.75, 3.05) is 6.54 Å². The number of nitrogens with one attached hydrogen (secondary N) is 1. The highest BCUT2D eigenvalue weighted by Gasteiger charge is 2.22. The molecule has 0 aromatic carbocycles. The van der Waals surface area contributed by atoms with E-state index in [1.165, 1.54) is 23.3 Å². The van der Waals surface area contributed by atoms with Gasteiger partial charge in [0.2, 0.25) is 0 Å². The maximum Gasteiger partial charge on any atom is 0.0415 e. The van der Waals surface area contributed by atoms with Crippen LogP contribution in [0.5, 0.6) is 0 Å². The van der Waals surface area contributed by atoms with Crippen LogP contribution < -0.4 is 5.32 Å². The van der Waals surface area contributed by atoms with Gasteiger partial charge >= 0.3 is 0 Å². The smallest absolute Gasteiger partial charge is 0.0415 e. The summed E-state index contributed by atoms with van der Waals surface area (Å²) in [6.45, 7) is 1.13. The molecule has 0 bridgehead atoms. The van der Waals surface area contributed by atoms with Gasteiger partial charge in [0, 0.05) is 17.8 Å². The molecule has 0 aromatic heterocycles. The topological polar surface area (TPSA) is 12.0 Å². The average molecular weight is 157 g/mol. The van der Waals surface area contributed by atoms with E-state index < -0.39 is 0 Å². The molecule has 1 heterocycles. The summed E-state index contributed by atoms with van der Waals surface area (Å²) in [7, 11) is 0. The van der Waals surface area contributed by atoms with Crippen molar-refractivity contribution in [2.24, 2.45) is 0 Å². The molecule has 0 unspecified atom stereocenters. The summed E-state index contributed by atoms with van der Waals surface area (Å²) in [6.07, 6.45) is 11.3. The molecule has 2 aliphatic carbocycles. The standard InChI is InChI=1S/C11H11N/c1-2-8-4-5-9-6-7-12-11(9)10(8)3-1/h1-4,12H,5-7H2. The maximum absolute atomic E-state index is 3.46. The van der Waals surface area contributed by atoms with Gasteiger partial charge in [-0.2, -0.15) is 0 Å². The first-order valence-electron chi connectivity index (χ1n) is 4.50. The second-order valence-electron chi connectivity index (χ2n) is 3.46. The van der Waals surface area contributed by atoms with E-state index in [1.807, 2.05) is 0 Å². The second-order valence-corrected chi connectivity index (χ2v) is 3.46. The van der Waals surface area contributed by atoms with Crippen molar-refractivity contribution in [3.05, 3.63) is 46.7 Å². The lowest BCUT2D eigenvalue weighted by atomic mass is 9.94. The van der Waals surface area contributed by atoms with Crippen LogP contribution in [0.2, 0.25) is 0 Å². The summed E-state index contributed by atoms with van der Waals surface area (Å²) in [5, 5.41) is 3.46. The summed E-state index contributed by atoms with van der Waals surface area (Å²) in [4.78, 5) is 0. The van der Waals surface area contributed by atoms with Crippen molar-refractivity contribution in [1.82, 2.24) is 5.32 Å². The lowest BCUT2D eigenvalue weighted by molar-refractivity contribution is 0.879. The molecule has 1 heteroatoms. The number of fused-ring (bicyclic) bond motifs is 2. The van der Waals surface area contributed by atoms with E-state index in [0.717, 1.165) is 13.0 Å². The summed E-state index contributed by atoms with van der Waals surface area (Å²) in [5.41, 5.74) is 5.82. The zero-order valence-corrected chi connectivity index (χ0v) is 6.93. The van der Waals surface area contributed by atoms with Gasteiger partial charge in [-0.25, -0.2) is 0 Å². The van der Waals surface area contributed by atoms with Crippen LogP contribution in [-0.4, -0.2) is 6.54 Å². The van der Waals surface area contributed by atoms with E-state index in [0.29, 0.717) is 0 Å². The maximum atomic E-state index is 3.46. The van der Waals surface area contributed by atoms with Crippen LogP contribution in [0.1, 0.15) is 12.8 Å². The Labute approximate surface area is 72.2 Å². The molecule has 0 saturated carbocycles. The minimum Gasteiger partial charge on any atom is -0.384 e. The monoisotopic (exact) mass is 157 g/mol. The number of hydrogen-bond acceptors (Lipinski definition) is 1. The van der Waals surface area contributed by atoms with Crippen molar-refractivity contribution >= 4 is 0 Å². The highest BCUT2D eigenvalue weighted by atomic mass is 14.9. The zero-order chi connectivity index (χ0) is 7.97. The zero-order valence-electron chi connectivity index (χ0n) is 6.93. The Hall–Kier alpha value is -1.24. The predicted octanol–water partition coefficient (Wildman–Crippen LogP) is 2.06. The predicted molar refractivity (Wildman–Crippen MR) is 49.6 cm³/mol. The van der Waals surface area contributed by atoms with Gasteiger partial charge in [0.05, 0.1) is 0 Å². The minimum absolute atomic E-state index is 1.13. The van der Waals surface area contributed by atoms with Crippen molar-refractivity contribution < 1.29 is 0 Å². The van der Waals surface area contributed by atoms with Crippen molar-refractivity contribution in [1.29, 1.82) is 0 Å². The molecule has 60 valence electrons. The highest BCUT2D eigenvalue weighted by molar-refractivity contribution is 5.62. The molecule has 1 aliphatic heterocycles. The Bertz CT molecular complexity index is 353. The Morgan fingerprint density at radius 3 is 3.33 bits per heavy atom. The molecule has 0 aromatic rings. The molecule has 0 amide bonds. The van der Waals surface area contributed by atoms with Gasteiger partial charge < -0.3 is 5.32 Å². The van der Waals surface area contributed by atoms with Crippen LogP contribution in [-0.2, 0) is 0 Å². The molecule has 0 fully saturated rings. The Morgan fingerprint density at radius 2 is 2.33 bits per heavy atom. The van der Waals surface area contributed by atoms with Crippen molar-refractivity contribution in [3.8, 4) is 0 Å². The minimum atomic E-state index is 1.13. The average Bonchev–Trinajstić information content (AvgIpc) is 2.71. The summed E-state index contributed by atoms with van der Waals surface area (Å²) in [6, 6.07) is 0. The van der Waals surface area contributed by atoms with Gasteiger partial charge in [-0.1, -0.05) is 24.3 Å². The molecule has 1 N–H and O–H groups in total. The second kappa shape index (κ2) is 2.13. The number of hydrogen-bond donors (Lipinski definition) is 1. The first-order valence-corrected chi connectivity index (χ1v) is 4.50. The lowest BCUT2D eigenvalue weighted by Gasteiger charge is -2.14. The number of allylic oxidation sites excluding steroid dienone is 5. The van der Waals surface area contributed by atoms with Crippen LogP contribution in [0.25, 0.3) is 0 Å². The third kappa shape index (κ3) is 0.685. The first-order chi connectivity index (χ1) is 5.95. The third-order valence-corrected chi connectivity index (χ3v) is 2.77. The SMILES string of the molecule is C1=CC2=CCC3=C(NCC3)C2=C1. The highest BCUT2D eigenvalue weighted by Crippen LogP contribution is 2.35. The first kappa shape index (κ1) is 6.30. The molecule has 0 spiro atoms. The van der Waals surface area contributed by atoms with E-state index in [4.69, 9.17) is 0 Å². The van der Waals surface area contributed by atoms with Crippen LogP contribution in [0, 0.1) is 0 Å². The molecule has 0 radical (unpaired) electrons. The van der Waals surface area contributed by atoms with Gasteiger partial charge in [0.15, 0.2) is 0 Å². The lowest BCUT2D eigenvalue weighted by Crippen LogP contribution is -2.11. The van der Waals surface area contributed by atoms with E-state index >= 15 is 0 Å². The van der Waals surface area contributed by atoms with Gasteiger partial charge in [0.1, 0.15) is 0 Å². The largest absolute Gasteiger partial charge is 0.384 e. The quantitative estimate of drug-likeness (QED) is 0.567. The van der Waals surface area contributed by atoms with Crippen molar-refractivity contribution in [3.63, 3.8) is 0 Å². The molecule has 12 heavy (non-hydrogen) atoms. The fourth-order valence-electron chi connectivity index (χ4n) is 2.15. The summed E-state index contributed by atoms with van der Waals surface area (Å²) in [5.74, 6) is 0. The molecule has 1 nitrogen and oxygen atoms in total. The van der Waals surface area contributed by atoms with E-state index in [9.17, 15) is 0 Å². The fourth-order valence-corrected chi connectivity index (χ4v) is 2.15. The third-order valence-electron chi connectivity index (χ3n) is 2.77. The van der Waals surface area contributed by atoms with Gasteiger partial charge in [0.25, 0.3) is 0 Å². The molecular weight excluding hydrogens is 146 g/mol. The van der Waals surface area contributed by atoms with E-state index in [-0.39, 0.29) is 0 Å². The van der Waals surface area contributed by atoms with Gasteiger partial charge in [-0.15, -0.1) is 0 Å².